The van der Waals surface area contributed by atoms with Crippen molar-refractivity contribution >= 4 is 11.7 Å². The number of hydrogen-bond acceptors (Lipinski definition) is 6. The van der Waals surface area contributed by atoms with E-state index in [0.29, 0.717) is 24.6 Å². The molecule has 90 valence electrons. The summed E-state index contributed by atoms with van der Waals surface area (Å²) in [6.45, 7) is 0.596. The van der Waals surface area contributed by atoms with Gasteiger partial charge in [0, 0.05) is 19.2 Å². The van der Waals surface area contributed by atoms with Crippen LogP contribution in [0.15, 0.2) is 23.2 Å². The third-order valence-corrected chi connectivity index (χ3v) is 2.04. The van der Waals surface area contributed by atoms with Crippen LogP contribution in [0.4, 0.5) is 5.82 Å². The highest BCUT2D eigenvalue weighted by atomic mass is 16.5. The van der Waals surface area contributed by atoms with Crippen LogP contribution in [-0.4, -0.2) is 32.4 Å². The van der Waals surface area contributed by atoms with E-state index >= 15 is 0 Å². The number of carbonyl (C=O) groups excluding carboxylic acids is 1. The predicted octanol–water partition coefficient (Wildman–Crippen LogP) is -0.793. The van der Waals surface area contributed by atoms with E-state index in [-0.39, 0.29) is 12.5 Å². The maximum absolute atomic E-state index is 11.5. The Morgan fingerprint density at radius 2 is 2.47 bits per heavy atom. The second kappa shape index (κ2) is 5.10. The summed E-state index contributed by atoms with van der Waals surface area (Å²) in [6, 6.07) is 1.63. The van der Waals surface area contributed by atoms with Gasteiger partial charge < -0.3 is 15.6 Å². The summed E-state index contributed by atoms with van der Waals surface area (Å²) in [7, 11) is 0. The van der Waals surface area contributed by atoms with E-state index in [0.717, 1.165) is 0 Å². The maximum atomic E-state index is 11.5. The Morgan fingerprint density at radius 1 is 1.59 bits per heavy atom. The van der Waals surface area contributed by atoms with Crippen LogP contribution < -0.4 is 11.1 Å². The van der Waals surface area contributed by atoms with Crippen molar-refractivity contribution in [1.82, 2.24) is 25.2 Å². The van der Waals surface area contributed by atoms with Crippen LogP contribution in [0.25, 0.3) is 0 Å². The van der Waals surface area contributed by atoms with Crippen molar-refractivity contribution in [3.8, 4) is 0 Å². The molecular formula is C9H12N6O2. The van der Waals surface area contributed by atoms with Crippen molar-refractivity contribution in [2.75, 3.05) is 12.3 Å². The normalized spacial score (nSPS) is 10.4. The van der Waals surface area contributed by atoms with Gasteiger partial charge in [-0.1, -0.05) is 5.16 Å². The van der Waals surface area contributed by atoms with Gasteiger partial charge in [0.15, 0.2) is 5.82 Å². The number of rotatable bonds is 5. The number of amides is 1. The van der Waals surface area contributed by atoms with Gasteiger partial charge in [-0.3, -0.25) is 9.48 Å². The van der Waals surface area contributed by atoms with Crippen LogP contribution in [0.3, 0.4) is 0 Å². The molecule has 0 fully saturated rings. The fourth-order valence-electron chi connectivity index (χ4n) is 1.28. The first-order valence-corrected chi connectivity index (χ1v) is 5.05. The Labute approximate surface area is 96.8 Å². The van der Waals surface area contributed by atoms with Crippen LogP contribution >= 0.6 is 0 Å². The highest BCUT2D eigenvalue weighted by Crippen LogP contribution is 1.95. The third-order valence-electron chi connectivity index (χ3n) is 2.04. The van der Waals surface area contributed by atoms with Crippen molar-refractivity contribution in [3.05, 3.63) is 24.5 Å². The molecule has 2 aromatic rings. The van der Waals surface area contributed by atoms with Gasteiger partial charge >= 0.3 is 0 Å². The molecule has 8 heteroatoms. The molecule has 8 nitrogen and oxygen atoms in total. The molecular weight excluding hydrogens is 224 g/mol. The molecule has 0 saturated heterocycles. The molecule has 0 aliphatic rings. The molecule has 3 N–H and O–H groups in total. The minimum absolute atomic E-state index is 0.142. The number of nitrogens with two attached hydrogens (primary N) is 1. The lowest BCUT2D eigenvalue weighted by molar-refractivity contribution is -0.121. The lowest BCUT2D eigenvalue weighted by Gasteiger charge is -2.03. The molecule has 2 aromatic heterocycles. The van der Waals surface area contributed by atoms with Crippen molar-refractivity contribution in [3.63, 3.8) is 0 Å². The van der Waals surface area contributed by atoms with E-state index in [2.05, 4.69) is 25.1 Å². The number of nitrogen functional groups attached to an aromatic ring is 1. The Bertz CT molecular complexity index is 477. The molecule has 0 aromatic carbocycles. The Hall–Kier alpha value is -2.38. The lowest BCUT2D eigenvalue weighted by Crippen LogP contribution is -2.29. The van der Waals surface area contributed by atoms with Gasteiger partial charge in [0.25, 0.3) is 0 Å². The van der Waals surface area contributed by atoms with Crippen LogP contribution in [-0.2, 0) is 17.8 Å². The number of nitrogens with zero attached hydrogens (tertiary/aromatic N) is 4. The number of carbonyl (C=O) groups is 1. The summed E-state index contributed by atoms with van der Waals surface area (Å²) in [6.07, 6.45) is 3.43. The summed E-state index contributed by atoms with van der Waals surface area (Å²) >= 11 is 0. The molecule has 17 heavy (non-hydrogen) atoms. The molecule has 0 radical (unpaired) electrons. The Morgan fingerprint density at radius 3 is 3.12 bits per heavy atom. The summed E-state index contributed by atoms with van der Waals surface area (Å²) in [5.74, 6) is 0.815. The van der Waals surface area contributed by atoms with Crippen molar-refractivity contribution < 1.29 is 9.32 Å². The molecule has 2 heterocycles. The smallest absolute Gasteiger partial charge is 0.241 e. The highest BCUT2D eigenvalue weighted by molar-refractivity contribution is 5.75. The first kappa shape index (κ1) is 11.1. The minimum Gasteiger partial charge on any atom is -0.382 e. The molecule has 0 atom stereocenters. The monoisotopic (exact) mass is 236 g/mol. The second-order valence-electron chi connectivity index (χ2n) is 3.39. The molecule has 1 amide bonds. The van der Waals surface area contributed by atoms with Crippen LogP contribution in [0.5, 0.6) is 0 Å². The fraction of sp³-hybridized carbons (Fsp3) is 0.333. The Kier molecular flexibility index (Phi) is 3.34. The summed E-state index contributed by atoms with van der Waals surface area (Å²) in [4.78, 5) is 15.3. The second-order valence-corrected chi connectivity index (χ2v) is 3.39. The largest absolute Gasteiger partial charge is 0.382 e. The van der Waals surface area contributed by atoms with Crippen LogP contribution in [0, 0.1) is 0 Å². The minimum atomic E-state index is -0.142. The molecule has 0 bridgehead atoms. The zero-order chi connectivity index (χ0) is 12.1. The van der Waals surface area contributed by atoms with Gasteiger partial charge in [0.1, 0.15) is 12.4 Å². The first-order chi connectivity index (χ1) is 8.24. The number of anilines is 1. The van der Waals surface area contributed by atoms with Gasteiger partial charge in [-0.05, 0) is 6.07 Å². The molecule has 0 spiro atoms. The molecule has 0 aliphatic heterocycles. The average Bonchev–Trinajstić information content (AvgIpc) is 2.90. The molecule has 0 unspecified atom stereocenters. The van der Waals surface area contributed by atoms with Gasteiger partial charge in [-0.2, -0.15) is 10.1 Å². The van der Waals surface area contributed by atoms with Gasteiger partial charge in [0.2, 0.25) is 12.3 Å². The Balaban J connectivity index is 1.71. The van der Waals surface area contributed by atoms with Crippen molar-refractivity contribution in [2.24, 2.45) is 0 Å². The van der Waals surface area contributed by atoms with Gasteiger partial charge in [-0.15, -0.1) is 0 Å². The lowest BCUT2D eigenvalue weighted by atomic mass is 10.4. The quantitative estimate of drug-likeness (QED) is 0.703. The summed E-state index contributed by atoms with van der Waals surface area (Å²) in [5, 5.41) is 10.2. The summed E-state index contributed by atoms with van der Waals surface area (Å²) in [5.41, 5.74) is 5.43. The van der Waals surface area contributed by atoms with E-state index in [4.69, 9.17) is 5.73 Å². The highest BCUT2D eigenvalue weighted by Gasteiger charge is 2.04. The van der Waals surface area contributed by atoms with Crippen LogP contribution in [0.2, 0.25) is 0 Å². The first-order valence-electron chi connectivity index (χ1n) is 5.05. The van der Waals surface area contributed by atoms with E-state index in [1.54, 1.807) is 12.3 Å². The van der Waals surface area contributed by atoms with E-state index in [1.807, 2.05) is 0 Å². The average molecular weight is 236 g/mol. The number of aromatic nitrogens is 4. The topological polar surface area (TPSA) is 112 Å². The van der Waals surface area contributed by atoms with E-state index in [9.17, 15) is 4.79 Å². The summed E-state index contributed by atoms with van der Waals surface area (Å²) < 4.78 is 6.04. The van der Waals surface area contributed by atoms with Crippen molar-refractivity contribution in [2.45, 2.75) is 13.0 Å². The molecule has 2 rings (SSSR count). The van der Waals surface area contributed by atoms with E-state index in [1.165, 1.54) is 11.1 Å². The fourth-order valence-corrected chi connectivity index (χ4v) is 1.28. The predicted molar refractivity (Wildman–Crippen MR) is 57.7 cm³/mol. The van der Waals surface area contributed by atoms with E-state index < -0.39 is 0 Å². The van der Waals surface area contributed by atoms with Gasteiger partial charge in [-0.25, -0.2) is 0 Å². The number of nitrogens with one attached hydrogen (secondary N) is 1. The third kappa shape index (κ3) is 3.30. The number of hydrogen-bond donors (Lipinski definition) is 2. The zero-order valence-electron chi connectivity index (χ0n) is 9.04. The molecule has 0 aliphatic carbocycles. The zero-order valence-corrected chi connectivity index (χ0v) is 9.04. The maximum Gasteiger partial charge on any atom is 0.241 e. The van der Waals surface area contributed by atoms with Gasteiger partial charge in [0.05, 0.1) is 0 Å². The molecule has 0 saturated carbocycles. The van der Waals surface area contributed by atoms with Crippen LogP contribution in [0.1, 0.15) is 5.82 Å². The SMILES string of the molecule is Nc1ccn(CC(=O)NCCc2ncon2)n1. The standard InChI is InChI=1S/C9H12N6O2/c10-7-2-4-15(13-7)5-9(16)11-3-1-8-12-6-17-14-8/h2,4,6H,1,3,5H2,(H2,10,13)(H,11,16). The van der Waals surface area contributed by atoms with Crippen molar-refractivity contribution in [1.29, 1.82) is 0 Å².